The summed E-state index contributed by atoms with van der Waals surface area (Å²) in [5, 5.41) is 0. The zero-order valence-electron chi connectivity index (χ0n) is 22.8. The number of hydrogen-bond acceptors (Lipinski definition) is 5. The molecule has 5 aromatic rings. The third-order valence-electron chi connectivity index (χ3n) is 7.29. The van der Waals surface area contributed by atoms with Crippen LogP contribution in [0.1, 0.15) is 57.9 Å². The predicted molar refractivity (Wildman–Crippen MR) is 156 cm³/mol. The molecule has 7 rings (SSSR count). The van der Waals surface area contributed by atoms with Gasteiger partial charge in [0, 0.05) is 0 Å². The Bertz CT molecular complexity index is 1550. The maximum absolute atomic E-state index is 6.51. The van der Waals surface area contributed by atoms with Gasteiger partial charge in [-0.3, -0.25) is 0 Å². The Morgan fingerprint density at radius 3 is 1.07 bits per heavy atom. The molecule has 0 N–H and O–H groups in total. The maximum Gasteiger partial charge on any atom is 2.00 e. The maximum atomic E-state index is 6.51. The Morgan fingerprint density at radius 2 is 0.721 bits per heavy atom. The zero-order chi connectivity index (χ0) is 26.7. The van der Waals surface area contributed by atoms with Crippen LogP contribution in [0.3, 0.4) is 0 Å². The number of ether oxygens (including phenoxy) is 2. The number of rotatable bonds is 6. The Kier molecular flexibility index (Phi) is 10.8. The third-order valence-corrected chi connectivity index (χ3v) is 7.29. The molecule has 0 saturated carbocycles. The van der Waals surface area contributed by atoms with E-state index in [1.807, 2.05) is 91.0 Å². The average molecular weight is 651 g/mol. The van der Waals surface area contributed by atoms with Gasteiger partial charge in [-0.2, -0.15) is 0 Å². The molecule has 8 heteroatoms. The number of halogens is 2. The minimum absolute atomic E-state index is 0. The molecular weight excluding hydrogens is 624 g/mol. The van der Waals surface area contributed by atoms with Gasteiger partial charge >= 0.3 is 16.8 Å². The second-order valence-corrected chi connectivity index (χ2v) is 9.89. The summed E-state index contributed by atoms with van der Waals surface area (Å²) < 4.78 is 13.0. The summed E-state index contributed by atoms with van der Waals surface area (Å²) in [6.45, 7) is 0. The Balaban J connectivity index is 0.00000141. The number of benzene rings is 4. The van der Waals surface area contributed by atoms with Crippen molar-refractivity contribution in [3.8, 4) is 0 Å². The van der Waals surface area contributed by atoms with Crippen LogP contribution in [0.2, 0.25) is 0 Å². The minimum Gasteiger partial charge on any atom is -1.00 e. The normalized spacial score (nSPS) is 20.2. The Hall–Kier alpha value is -3.94. The van der Waals surface area contributed by atoms with Crippen molar-refractivity contribution in [3.05, 3.63) is 173 Å². The van der Waals surface area contributed by atoms with E-state index in [0.29, 0.717) is 23.2 Å². The van der Waals surface area contributed by atoms with E-state index in [2.05, 4.69) is 48.5 Å². The molecule has 0 aliphatic carbocycles. The molecule has 43 heavy (non-hydrogen) atoms. The van der Waals surface area contributed by atoms with Crippen LogP contribution in [0.5, 0.6) is 0 Å². The van der Waals surface area contributed by atoms with Crippen LogP contribution in [0.4, 0.5) is 0 Å². The third kappa shape index (κ3) is 6.68. The van der Waals surface area contributed by atoms with E-state index in [-0.39, 0.29) is 65.9 Å². The standard InChI is InChI=1S/C35H27N3O2.2ClH.Co/c1-5-14-24(15-6-1)30-32(26-18-9-3-10-19-26)39-34(37-30)28-22-13-23-29(36-28)35-38-31(25-16-7-2-8-17-25)33(40-35)27-20-11-4-12-21-27;;;/h1-23,30-33H;2*1H;/q;;;+2/p-2. The van der Waals surface area contributed by atoms with Gasteiger partial charge in [0.1, 0.15) is 23.5 Å². The van der Waals surface area contributed by atoms with Gasteiger partial charge in [0.15, 0.2) is 12.2 Å². The van der Waals surface area contributed by atoms with Crippen molar-refractivity contribution in [1.29, 1.82) is 0 Å². The van der Waals surface area contributed by atoms with E-state index in [9.17, 15) is 0 Å². The summed E-state index contributed by atoms with van der Waals surface area (Å²) in [5.74, 6) is 1.03. The van der Waals surface area contributed by atoms with Gasteiger partial charge in [0.05, 0.1) is 0 Å². The van der Waals surface area contributed by atoms with Gasteiger partial charge in [-0.1, -0.05) is 127 Å². The van der Waals surface area contributed by atoms with E-state index in [4.69, 9.17) is 24.4 Å². The Morgan fingerprint density at radius 1 is 0.395 bits per heavy atom. The first-order valence-corrected chi connectivity index (χ1v) is 13.5. The van der Waals surface area contributed by atoms with Crippen molar-refractivity contribution in [2.75, 3.05) is 0 Å². The second kappa shape index (κ2) is 14.5. The number of pyridine rings is 1. The molecule has 2 aliphatic rings. The van der Waals surface area contributed by atoms with Gasteiger partial charge < -0.3 is 34.3 Å². The summed E-state index contributed by atoms with van der Waals surface area (Å²) in [7, 11) is 0. The largest absolute Gasteiger partial charge is 2.00 e. The van der Waals surface area contributed by atoms with Crippen molar-refractivity contribution in [2.45, 2.75) is 24.3 Å². The van der Waals surface area contributed by atoms with Crippen LogP contribution in [-0.2, 0) is 26.3 Å². The molecule has 4 atom stereocenters. The first-order chi connectivity index (χ1) is 19.8. The molecule has 4 aromatic carbocycles. The number of aromatic nitrogens is 1. The summed E-state index contributed by atoms with van der Waals surface area (Å²) in [6.07, 6.45) is -0.483. The fourth-order valence-electron chi connectivity index (χ4n) is 5.33. The van der Waals surface area contributed by atoms with Crippen molar-refractivity contribution < 1.29 is 51.1 Å². The molecule has 0 saturated heterocycles. The predicted octanol–water partition coefficient (Wildman–Crippen LogP) is 1.61. The molecule has 0 spiro atoms. The van der Waals surface area contributed by atoms with E-state index in [1.54, 1.807) is 0 Å². The monoisotopic (exact) mass is 650 g/mol. The number of aliphatic imine (C=N–C) groups is 2. The molecular formula is C35H27Cl2CoN3O2. The first-order valence-electron chi connectivity index (χ1n) is 13.5. The number of nitrogens with zero attached hydrogens (tertiary/aromatic N) is 3. The van der Waals surface area contributed by atoms with Crippen LogP contribution in [0.15, 0.2) is 150 Å². The fraction of sp³-hybridized carbons (Fsp3) is 0.114. The quantitative estimate of drug-likeness (QED) is 0.281. The molecule has 3 heterocycles. The molecule has 1 aromatic heterocycles. The molecule has 2 aliphatic heterocycles. The van der Waals surface area contributed by atoms with E-state index in [0.717, 1.165) is 22.3 Å². The topological polar surface area (TPSA) is 56.1 Å². The molecule has 5 nitrogen and oxygen atoms in total. The number of hydrogen-bond donors (Lipinski definition) is 0. The molecule has 1 radical (unpaired) electrons. The molecule has 4 unspecified atom stereocenters. The van der Waals surface area contributed by atoms with Crippen LogP contribution in [0.25, 0.3) is 0 Å². The van der Waals surface area contributed by atoms with Crippen LogP contribution in [-0.4, -0.2) is 16.8 Å². The van der Waals surface area contributed by atoms with Crippen LogP contribution < -0.4 is 24.8 Å². The SMILES string of the molecule is [Cl-].[Cl-].[Co+2].c1ccc(C2N=C(c3cccc(C4=NC(c5ccccc5)C(c5ccccc5)O4)n3)OC2c2ccccc2)cc1. The van der Waals surface area contributed by atoms with Gasteiger partial charge in [0.2, 0.25) is 11.8 Å². The smallest absolute Gasteiger partial charge is 1.00 e. The van der Waals surface area contributed by atoms with E-state index < -0.39 is 0 Å². The van der Waals surface area contributed by atoms with Gasteiger partial charge in [-0.25, -0.2) is 15.0 Å². The van der Waals surface area contributed by atoms with Crippen LogP contribution in [0, 0.1) is 0 Å². The van der Waals surface area contributed by atoms with Crippen molar-refractivity contribution in [1.82, 2.24) is 4.98 Å². The molecule has 0 fully saturated rings. The minimum atomic E-state index is -0.242. The van der Waals surface area contributed by atoms with Crippen molar-refractivity contribution >= 4 is 11.8 Å². The fourth-order valence-corrected chi connectivity index (χ4v) is 5.33. The van der Waals surface area contributed by atoms with Gasteiger partial charge in [0.25, 0.3) is 0 Å². The van der Waals surface area contributed by atoms with Crippen molar-refractivity contribution in [2.24, 2.45) is 9.98 Å². The summed E-state index contributed by atoms with van der Waals surface area (Å²) >= 11 is 0. The van der Waals surface area contributed by atoms with E-state index >= 15 is 0 Å². The summed E-state index contributed by atoms with van der Waals surface area (Å²) in [4.78, 5) is 15.0. The zero-order valence-corrected chi connectivity index (χ0v) is 25.4. The summed E-state index contributed by atoms with van der Waals surface area (Å²) in [5.41, 5.74) is 5.66. The van der Waals surface area contributed by atoms with Gasteiger partial charge in [-0.05, 0) is 34.4 Å². The van der Waals surface area contributed by atoms with Crippen LogP contribution >= 0.6 is 0 Å². The second-order valence-electron chi connectivity index (χ2n) is 9.89. The Labute approximate surface area is 274 Å². The van der Waals surface area contributed by atoms with Crippen molar-refractivity contribution in [3.63, 3.8) is 0 Å². The first kappa shape index (κ1) is 32.0. The average Bonchev–Trinajstić information content (AvgIpc) is 3.69. The summed E-state index contributed by atoms with van der Waals surface area (Å²) in [6, 6.07) is 46.4. The molecule has 0 amide bonds. The molecule has 217 valence electrons. The van der Waals surface area contributed by atoms with Gasteiger partial charge in [-0.15, -0.1) is 0 Å². The molecule has 0 bridgehead atoms. The van der Waals surface area contributed by atoms with E-state index in [1.165, 1.54) is 0 Å².